The van der Waals surface area contributed by atoms with Crippen LogP contribution in [-0.4, -0.2) is 52.9 Å². The Morgan fingerprint density at radius 2 is 1.61 bits per heavy atom. The maximum Gasteiger partial charge on any atom is 0.344 e. The van der Waals surface area contributed by atoms with Gasteiger partial charge in [0.15, 0.2) is 5.65 Å². The van der Waals surface area contributed by atoms with E-state index in [4.69, 9.17) is 15.5 Å². The molecule has 0 spiro atoms. The minimum absolute atomic E-state index is 0.123. The number of carbonyl (C=O) groups is 1. The number of nitrogen functional groups attached to an aromatic ring is 1. The lowest BCUT2D eigenvalue weighted by Crippen LogP contribution is -2.30. The van der Waals surface area contributed by atoms with Gasteiger partial charge in [-0.25, -0.2) is 23.2 Å². The highest BCUT2D eigenvalue weighted by Gasteiger charge is 2.26. The average Bonchev–Trinajstić information content (AvgIpc) is 3.09. The number of ether oxygens (including phenoxy) is 1. The molecule has 33 heavy (non-hydrogen) atoms. The highest BCUT2D eigenvalue weighted by atomic mass is 32.2. The van der Waals surface area contributed by atoms with Gasteiger partial charge in [0.25, 0.3) is 0 Å². The molecule has 0 saturated carbocycles. The van der Waals surface area contributed by atoms with Crippen molar-refractivity contribution in [1.29, 1.82) is 0 Å². The SMILES string of the molecule is CCOC(=O)c1c(N)n(-c2ccc(S(=O)(=O)N(CC)CC)cc2)c2nc3ccccc3nc12. The highest BCUT2D eigenvalue weighted by molar-refractivity contribution is 7.89. The highest BCUT2D eigenvalue weighted by Crippen LogP contribution is 2.32. The summed E-state index contributed by atoms with van der Waals surface area (Å²) in [7, 11) is -3.61. The first kappa shape index (κ1) is 22.7. The van der Waals surface area contributed by atoms with Crippen molar-refractivity contribution in [2.45, 2.75) is 25.7 Å². The minimum Gasteiger partial charge on any atom is -0.462 e. The molecule has 0 bridgehead atoms. The van der Waals surface area contributed by atoms with Crippen LogP contribution < -0.4 is 5.73 Å². The van der Waals surface area contributed by atoms with E-state index in [9.17, 15) is 13.2 Å². The molecule has 0 radical (unpaired) electrons. The van der Waals surface area contributed by atoms with Crippen LogP contribution in [0.5, 0.6) is 0 Å². The smallest absolute Gasteiger partial charge is 0.344 e. The van der Waals surface area contributed by atoms with Gasteiger partial charge in [-0.05, 0) is 43.3 Å². The van der Waals surface area contributed by atoms with Crippen molar-refractivity contribution in [3.63, 3.8) is 0 Å². The van der Waals surface area contributed by atoms with Gasteiger partial charge in [-0.2, -0.15) is 4.31 Å². The van der Waals surface area contributed by atoms with E-state index >= 15 is 0 Å². The van der Waals surface area contributed by atoms with Gasteiger partial charge in [-0.15, -0.1) is 0 Å². The summed E-state index contributed by atoms with van der Waals surface area (Å²) >= 11 is 0. The van der Waals surface area contributed by atoms with Crippen molar-refractivity contribution in [3.05, 3.63) is 54.1 Å². The number of hydrogen-bond acceptors (Lipinski definition) is 7. The number of aromatic nitrogens is 3. The number of sulfonamides is 1. The quantitative estimate of drug-likeness (QED) is 0.414. The van der Waals surface area contributed by atoms with Crippen LogP contribution in [0.15, 0.2) is 53.4 Å². The number of esters is 1. The maximum atomic E-state index is 12.8. The number of anilines is 1. The van der Waals surface area contributed by atoms with E-state index in [1.54, 1.807) is 43.5 Å². The van der Waals surface area contributed by atoms with Crippen molar-refractivity contribution in [3.8, 4) is 5.69 Å². The zero-order valence-electron chi connectivity index (χ0n) is 18.6. The first-order valence-electron chi connectivity index (χ1n) is 10.7. The molecule has 172 valence electrons. The Labute approximate surface area is 191 Å². The molecule has 0 aliphatic heterocycles. The van der Waals surface area contributed by atoms with Crippen molar-refractivity contribution in [2.24, 2.45) is 0 Å². The van der Waals surface area contributed by atoms with E-state index in [0.29, 0.717) is 41.0 Å². The van der Waals surface area contributed by atoms with Gasteiger partial charge in [0, 0.05) is 18.8 Å². The van der Waals surface area contributed by atoms with Crippen molar-refractivity contribution < 1.29 is 17.9 Å². The summed E-state index contributed by atoms with van der Waals surface area (Å²) in [5.41, 5.74) is 9.06. The van der Waals surface area contributed by atoms with Crippen LogP contribution in [0, 0.1) is 0 Å². The molecule has 4 aromatic rings. The fraction of sp³-hybridized carbons (Fsp3) is 0.261. The molecule has 0 unspecified atom stereocenters. The zero-order valence-corrected chi connectivity index (χ0v) is 19.5. The molecular weight excluding hydrogens is 442 g/mol. The number of carbonyl (C=O) groups excluding carboxylic acids is 1. The Hall–Kier alpha value is -3.50. The van der Waals surface area contributed by atoms with E-state index in [1.165, 1.54) is 16.4 Å². The summed E-state index contributed by atoms with van der Waals surface area (Å²) in [6.07, 6.45) is 0. The topological polar surface area (TPSA) is 120 Å². The Morgan fingerprint density at radius 3 is 2.18 bits per heavy atom. The van der Waals surface area contributed by atoms with Gasteiger partial charge in [0.1, 0.15) is 16.9 Å². The third-order valence-corrected chi connectivity index (χ3v) is 7.48. The molecule has 0 amide bonds. The molecule has 0 aliphatic rings. The second-order valence-electron chi connectivity index (χ2n) is 7.28. The van der Waals surface area contributed by atoms with Crippen molar-refractivity contribution >= 4 is 44.0 Å². The normalized spacial score (nSPS) is 12.0. The molecule has 2 N–H and O–H groups in total. The van der Waals surface area contributed by atoms with Gasteiger partial charge in [-0.1, -0.05) is 26.0 Å². The van der Waals surface area contributed by atoms with Gasteiger partial charge in [-0.3, -0.25) is 4.57 Å². The molecule has 2 aromatic heterocycles. The molecule has 4 rings (SSSR count). The predicted molar refractivity (Wildman–Crippen MR) is 127 cm³/mol. The number of nitrogens with two attached hydrogens (primary N) is 1. The van der Waals surface area contributed by atoms with E-state index in [2.05, 4.69) is 4.98 Å². The number of nitrogens with zero attached hydrogens (tertiary/aromatic N) is 4. The standard InChI is InChI=1S/C23H25N5O4S/c1-4-27(5-2)33(30,31)16-13-11-15(12-14-16)28-21(24)19(23(29)32-6-3)20-22(28)26-18-10-8-7-9-17(18)25-20/h7-14H,4-6,24H2,1-3H3. The van der Waals surface area contributed by atoms with Crippen LogP contribution >= 0.6 is 0 Å². The summed E-state index contributed by atoms with van der Waals surface area (Å²) in [6.45, 7) is 6.24. The van der Waals surface area contributed by atoms with Crippen molar-refractivity contribution in [1.82, 2.24) is 18.8 Å². The van der Waals surface area contributed by atoms with Crippen LogP contribution in [0.3, 0.4) is 0 Å². The van der Waals surface area contributed by atoms with E-state index in [-0.39, 0.29) is 22.9 Å². The second-order valence-corrected chi connectivity index (χ2v) is 9.22. The minimum atomic E-state index is -3.61. The van der Waals surface area contributed by atoms with E-state index < -0.39 is 16.0 Å². The number of rotatable bonds is 7. The Kier molecular flexibility index (Phi) is 6.05. The second kappa shape index (κ2) is 8.80. The molecule has 2 aromatic carbocycles. The average molecular weight is 468 g/mol. The lowest BCUT2D eigenvalue weighted by Gasteiger charge is -2.18. The number of para-hydroxylation sites is 2. The molecule has 9 nitrogen and oxygen atoms in total. The molecule has 2 heterocycles. The molecule has 0 atom stereocenters. The molecular formula is C23H25N5O4S. The lowest BCUT2D eigenvalue weighted by atomic mass is 10.2. The summed E-state index contributed by atoms with van der Waals surface area (Å²) in [4.78, 5) is 22.2. The first-order valence-corrected chi connectivity index (χ1v) is 12.1. The Bertz CT molecular complexity index is 1440. The fourth-order valence-electron chi connectivity index (χ4n) is 3.81. The van der Waals surface area contributed by atoms with E-state index in [1.807, 2.05) is 18.2 Å². The van der Waals surface area contributed by atoms with Crippen LogP contribution in [0.4, 0.5) is 5.82 Å². The van der Waals surface area contributed by atoms with Gasteiger partial charge in [0.2, 0.25) is 10.0 Å². The maximum absolute atomic E-state index is 12.8. The molecule has 10 heteroatoms. The van der Waals surface area contributed by atoms with Crippen LogP contribution in [0.1, 0.15) is 31.1 Å². The lowest BCUT2D eigenvalue weighted by molar-refractivity contribution is 0.0529. The van der Waals surface area contributed by atoms with Gasteiger partial charge < -0.3 is 10.5 Å². The summed E-state index contributed by atoms with van der Waals surface area (Å²) in [5.74, 6) is -0.470. The van der Waals surface area contributed by atoms with Crippen molar-refractivity contribution in [2.75, 3.05) is 25.4 Å². The predicted octanol–water partition coefficient (Wildman–Crippen LogP) is 3.36. The van der Waals surface area contributed by atoms with Crippen LogP contribution in [-0.2, 0) is 14.8 Å². The van der Waals surface area contributed by atoms with Gasteiger partial charge in [0.05, 0.1) is 22.5 Å². The van der Waals surface area contributed by atoms with Gasteiger partial charge >= 0.3 is 5.97 Å². The monoisotopic (exact) mass is 467 g/mol. The third kappa shape index (κ3) is 3.81. The fourth-order valence-corrected chi connectivity index (χ4v) is 5.27. The van der Waals surface area contributed by atoms with E-state index in [0.717, 1.165) is 0 Å². The molecule has 0 aliphatic carbocycles. The Balaban J connectivity index is 1.93. The number of benzene rings is 2. The number of hydrogen-bond donors (Lipinski definition) is 1. The van der Waals surface area contributed by atoms with Crippen LogP contribution in [0.2, 0.25) is 0 Å². The Morgan fingerprint density at radius 1 is 1.00 bits per heavy atom. The first-order chi connectivity index (χ1) is 15.8. The third-order valence-electron chi connectivity index (χ3n) is 5.42. The molecule has 0 saturated heterocycles. The summed E-state index contributed by atoms with van der Waals surface area (Å²) in [6, 6.07) is 13.6. The van der Waals surface area contributed by atoms with Crippen LogP contribution in [0.25, 0.3) is 27.9 Å². The summed E-state index contributed by atoms with van der Waals surface area (Å²) in [5, 5.41) is 0. The largest absolute Gasteiger partial charge is 0.462 e. The molecule has 0 fully saturated rings. The number of fused-ring (bicyclic) bond motifs is 2. The zero-order chi connectivity index (χ0) is 23.8. The summed E-state index contributed by atoms with van der Waals surface area (Å²) < 4.78 is 33.9.